The van der Waals surface area contributed by atoms with Crippen LogP contribution < -0.4 is 15.5 Å². The van der Waals surface area contributed by atoms with E-state index in [0.717, 1.165) is 33.6 Å². The number of aromatic nitrogens is 3. The zero-order chi connectivity index (χ0) is 22.1. The Hall–Kier alpha value is -2.61. The molecular formula is C22H32N6OS. The number of carbonyl (C=O) groups excluding carboxylic acids is 1. The summed E-state index contributed by atoms with van der Waals surface area (Å²) in [6, 6.07) is 8.52. The fourth-order valence-electron chi connectivity index (χ4n) is 2.98. The van der Waals surface area contributed by atoms with E-state index >= 15 is 0 Å². The largest absolute Gasteiger partial charge is 0.364 e. The smallest absolute Gasteiger partial charge is 0.239 e. The van der Waals surface area contributed by atoms with Crippen LogP contribution in [0.1, 0.15) is 46.6 Å². The summed E-state index contributed by atoms with van der Waals surface area (Å²) >= 11 is 1.48. The van der Waals surface area contributed by atoms with Gasteiger partial charge >= 0.3 is 0 Å². The molecule has 30 heavy (non-hydrogen) atoms. The molecule has 1 atom stereocenters. The van der Waals surface area contributed by atoms with Crippen LogP contribution in [-0.2, 0) is 4.79 Å². The van der Waals surface area contributed by atoms with Crippen molar-refractivity contribution < 1.29 is 4.79 Å². The van der Waals surface area contributed by atoms with Gasteiger partial charge in [-0.05, 0) is 41.0 Å². The second-order valence-electron chi connectivity index (χ2n) is 8.86. The number of carbonyl (C=O) groups is 1. The topological polar surface area (TPSA) is 74.6 Å². The Morgan fingerprint density at radius 1 is 1.27 bits per heavy atom. The van der Waals surface area contributed by atoms with Crippen molar-refractivity contribution in [3.8, 4) is 11.3 Å². The van der Waals surface area contributed by atoms with E-state index in [1.165, 1.54) is 16.9 Å². The second-order valence-corrected chi connectivity index (χ2v) is 9.80. The molecule has 0 aliphatic rings. The Morgan fingerprint density at radius 3 is 2.53 bits per heavy atom. The average molecular weight is 429 g/mol. The molecule has 3 aromatic rings. The van der Waals surface area contributed by atoms with E-state index in [-0.39, 0.29) is 24.0 Å². The minimum absolute atomic E-state index is 0.00641. The second kappa shape index (κ2) is 8.63. The van der Waals surface area contributed by atoms with Crippen molar-refractivity contribution in [2.45, 2.75) is 59.5 Å². The molecule has 0 spiro atoms. The summed E-state index contributed by atoms with van der Waals surface area (Å²) in [5, 5.41) is 12.1. The number of amides is 1. The zero-order valence-electron chi connectivity index (χ0n) is 18.9. The molecule has 2 aromatic heterocycles. The van der Waals surface area contributed by atoms with Crippen LogP contribution in [-0.4, -0.2) is 45.7 Å². The average Bonchev–Trinajstić information content (AvgIpc) is 3.20. The van der Waals surface area contributed by atoms with Gasteiger partial charge in [0, 0.05) is 24.2 Å². The summed E-state index contributed by atoms with van der Waals surface area (Å²) in [4.78, 5) is 19.8. The molecule has 1 aromatic carbocycles. The Bertz CT molecular complexity index is 1010. The molecule has 3 rings (SSSR count). The molecule has 0 bridgehead atoms. The number of likely N-dealkylation sites (N-methyl/N-ethyl adjacent to an activating group) is 1. The highest BCUT2D eigenvalue weighted by Crippen LogP contribution is 2.34. The van der Waals surface area contributed by atoms with E-state index in [1.807, 2.05) is 23.4 Å². The number of hydrogen-bond donors (Lipinski definition) is 2. The first-order chi connectivity index (χ1) is 14.1. The number of nitrogens with one attached hydrogen (secondary N) is 2. The van der Waals surface area contributed by atoms with Crippen LogP contribution in [0.4, 0.5) is 10.9 Å². The molecule has 0 fully saturated rings. The molecule has 1 unspecified atom stereocenters. The lowest BCUT2D eigenvalue weighted by atomic mass is 10.1. The summed E-state index contributed by atoms with van der Waals surface area (Å²) in [6.07, 6.45) is 0.907. The molecule has 8 heteroatoms. The molecule has 2 heterocycles. The summed E-state index contributed by atoms with van der Waals surface area (Å²) < 4.78 is 1.85. The Balaban J connectivity index is 1.93. The van der Waals surface area contributed by atoms with Crippen molar-refractivity contribution in [1.29, 1.82) is 0 Å². The summed E-state index contributed by atoms with van der Waals surface area (Å²) in [5.74, 6) is 0.856. The first kappa shape index (κ1) is 22.1. The Labute approximate surface area is 182 Å². The van der Waals surface area contributed by atoms with Gasteiger partial charge in [-0.1, -0.05) is 48.1 Å². The minimum Gasteiger partial charge on any atom is -0.364 e. The van der Waals surface area contributed by atoms with E-state index in [1.54, 1.807) is 0 Å². The minimum atomic E-state index is -0.152. The number of rotatable bonds is 7. The number of benzene rings is 1. The van der Waals surface area contributed by atoms with Gasteiger partial charge in [-0.15, -0.1) is 5.10 Å². The lowest BCUT2D eigenvalue weighted by Crippen LogP contribution is -2.39. The van der Waals surface area contributed by atoms with Crippen molar-refractivity contribution in [2.75, 3.05) is 23.8 Å². The van der Waals surface area contributed by atoms with E-state index in [4.69, 9.17) is 10.1 Å². The van der Waals surface area contributed by atoms with Crippen LogP contribution >= 0.6 is 11.3 Å². The third kappa shape index (κ3) is 5.11. The SMILES string of the molecule is CCC(C)NC(=O)CN(C)c1nn2c(NC(C)(C)C)c(-c3ccc(C)cc3)nc2s1. The highest BCUT2D eigenvalue weighted by molar-refractivity contribution is 7.20. The van der Waals surface area contributed by atoms with Crippen LogP contribution in [0.25, 0.3) is 16.2 Å². The highest BCUT2D eigenvalue weighted by Gasteiger charge is 2.23. The maximum absolute atomic E-state index is 12.3. The predicted octanol–water partition coefficient (Wildman–Crippen LogP) is 4.33. The zero-order valence-corrected chi connectivity index (χ0v) is 19.7. The van der Waals surface area contributed by atoms with Crippen molar-refractivity contribution in [3.05, 3.63) is 29.8 Å². The number of fused-ring (bicyclic) bond motifs is 1. The van der Waals surface area contributed by atoms with Crippen molar-refractivity contribution in [2.24, 2.45) is 0 Å². The lowest BCUT2D eigenvalue weighted by molar-refractivity contribution is -0.120. The van der Waals surface area contributed by atoms with Crippen molar-refractivity contribution in [3.63, 3.8) is 0 Å². The number of imidazole rings is 1. The standard InChI is InChI=1S/C22H32N6OS/c1-8-15(3)23-17(29)13-27(7)21-26-28-19(25-22(4,5)6)18(24-20(28)30-21)16-11-9-14(2)10-12-16/h9-12,15,25H,8,13H2,1-7H3,(H,23,29). The van der Waals surface area contributed by atoms with Gasteiger partial charge in [0.2, 0.25) is 16.0 Å². The quantitative estimate of drug-likeness (QED) is 0.586. The van der Waals surface area contributed by atoms with E-state index in [2.05, 4.69) is 69.5 Å². The fourth-order valence-corrected chi connectivity index (χ4v) is 3.84. The third-order valence-electron chi connectivity index (χ3n) is 4.74. The summed E-state index contributed by atoms with van der Waals surface area (Å²) in [6.45, 7) is 12.7. The number of anilines is 2. The van der Waals surface area contributed by atoms with Gasteiger partial charge in [0.05, 0.1) is 6.54 Å². The molecular weight excluding hydrogens is 396 g/mol. The molecule has 7 nitrogen and oxygen atoms in total. The van der Waals surface area contributed by atoms with E-state index < -0.39 is 0 Å². The summed E-state index contributed by atoms with van der Waals surface area (Å²) in [7, 11) is 1.88. The number of aryl methyl sites for hydroxylation is 1. The monoisotopic (exact) mass is 428 g/mol. The Morgan fingerprint density at radius 2 is 1.93 bits per heavy atom. The molecule has 0 aliphatic carbocycles. The molecule has 0 saturated carbocycles. The highest BCUT2D eigenvalue weighted by atomic mass is 32.1. The molecule has 0 radical (unpaired) electrons. The first-order valence-electron chi connectivity index (χ1n) is 10.3. The fraction of sp³-hybridized carbons (Fsp3) is 0.500. The van der Waals surface area contributed by atoms with Crippen LogP contribution in [0, 0.1) is 6.92 Å². The summed E-state index contributed by atoms with van der Waals surface area (Å²) in [5.41, 5.74) is 2.99. The van der Waals surface area contributed by atoms with Crippen LogP contribution in [0.15, 0.2) is 24.3 Å². The number of hydrogen-bond acceptors (Lipinski definition) is 6. The van der Waals surface area contributed by atoms with Crippen molar-refractivity contribution in [1.82, 2.24) is 19.9 Å². The van der Waals surface area contributed by atoms with Gasteiger partial charge in [0.15, 0.2) is 5.82 Å². The first-order valence-corrected chi connectivity index (χ1v) is 11.1. The Kier molecular flexibility index (Phi) is 6.36. The maximum atomic E-state index is 12.3. The van der Waals surface area contributed by atoms with Crippen LogP contribution in [0.2, 0.25) is 0 Å². The molecule has 1 amide bonds. The third-order valence-corrected chi connectivity index (χ3v) is 5.76. The van der Waals surface area contributed by atoms with Gasteiger partial charge in [-0.25, -0.2) is 4.98 Å². The van der Waals surface area contributed by atoms with Crippen molar-refractivity contribution >= 4 is 33.2 Å². The van der Waals surface area contributed by atoms with Gasteiger partial charge in [0.1, 0.15) is 5.69 Å². The van der Waals surface area contributed by atoms with Crippen LogP contribution in [0.3, 0.4) is 0 Å². The van der Waals surface area contributed by atoms with Gasteiger partial charge in [-0.3, -0.25) is 4.79 Å². The molecule has 2 N–H and O–H groups in total. The molecule has 162 valence electrons. The normalized spacial score (nSPS) is 12.8. The van der Waals surface area contributed by atoms with Crippen LogP contribution in [0.5, 0.6) is 0 Å². The molecule has 0 aliphatic heterocycles. The van der Waals surface area contributed by atoms with Gasteiger partial charge < -0.3 is 15.5 Å². The lowest BCUT2D eigenvalue weighted by Gasteiger charge is -2.22. The molecule has 0 saturated heterocycles. The van der Waals surface area contributed by atoms with Gasteiger partial charge in [0.25, 0.3) is 0 Å². The van der Waals surface area contributed by atoms with E-state index in [9.17, 15) is 4.79 Å². The maximum Gasteiger partial charge on any atom is 0.239 e. The van der Waals surface area contributed by atoms with E-state index in [0.29, 0.717) is 0 Å². The predicted molar refractivity (Wildman–Crippen MR) is 126 cm³/mol. The van der Waals surface area contributed by atoms with Gasteiger partial charge in [-0.2, -0.15) is 4.52 Å². The number of nitrogens with zero attached hydrogens (tertiary/aromatic N) is 4.